The monoisotopic (exact) mass is 703 g/mol. The van der Waals surface area contributed by atoms with Gasteiger partial charge in [-0.1, -0.05) is 36.4 Å². The summed E-state index contributed by atoms with van der Waals surface area (Å²) in [7, 11) is -3.71. The highest BCUT2D eigenvalue weighted by molar-refractivity contribution is 7.90. The Morgan fingerprint density at radius 2 is 1.44 bits per heavy atom. The first kappa shape index (κ1) is 36.9. The molecular weight excluding hydrogens is 680 g/mol. The van der Waals surface area contributed by atoms with Crippen LogP contribution in [0.25, 0.3) is 11.0 Å². The highest BCUT2D eigenvalue weighted by Gasteiger charge is 2.39. The number of H-pyrrole nitrogens is 1. The van der Waals surface area contributed by atoms with Gasteiger partial charge in [0.2, 0.25) is 15.9 Å². The molecule has 1 unspecified atom stereocenters. The molecule has 48 heavy (non-hydrogen) atoms. The number of imidazole rings is 1. The molecule has 3 heterocycles. The number of alkyl halides is 6. The van der Waals surface area contributed by atoms with E-state index in [-0.39, 0.29) is 12.3 Å². The average molecular weight is 704 g/mol. The quantitative estimate of drug-likeness (QED) is 0.183. The molecule has 1 fully saturated rings. The number of benzene rings is 2. The fraction of sp³-hybridized carbons (Fsp3) is 0.214. The lowest BCUT2D eigenvalue weighted by Crippen LogP contribution is -2.30. The predicted molar refractivity (Wildman–Crippen MR) is 152 cm³/mol. The average Bonchev–Trinajstić information content (AvgIpc) is 3.56. The lowest BCUT2D eigenvalue weighted by atomic mass is 10.0. The second-order valence-electron chi connectivity index (χ2n) is 9.72. The van der Waals surface area contributed by atoms with E-state index in [4.69, 9.17) is 19.8 Å². The lowest BCUT2D eigenvalue weighted by molar-refractivity contribution is -0.193. The maximum absolute atomic E-state index is 12.9. The second-order valence-corrected chi connectivity index (χ2v) is 11.6. The fourth-order valence-corrected chi connectivity index (χ4v) is 5.48. The van der Waals surface area contributed by atoms with Gasteiger partial charge in [-0.15, -0.1) is 0 Å². The fourth-order valence-electron chi connectivity index (χ4n) is 4.05. The molecule has 0 radical (unpaired) electrons. The standard InChI is InChI=1S/C24H21N5O4S.2C2HF3O2/c30-22-14-21(34(32,33)29-22)16-7-5-15(6-8-16)13-20(28-24(31)17-9-11-25-12-10-17)23-26-18-3-1-2-4-19(18)27-23;2*3-2(4,5)1(6)7/h1-12,20-21H,13-14H2,(H,26,27)(H,28,31)(H,29,30);2*(H,6,7)/t20-,21?;;/m0../s1. The van der Waals surface area contributed by atoms with E-state index in [0.29, 0.717) is 23.4 Å². The van der Waals surface area contributed by atoms with Gasteiger partial charge in [0.05, 0.1) is 23.5 Å². The lowest BCUT2D eigenvalue weighted by Gasteiger charge is -2.18. The number of aromatic nitrogens is 3. The summed E-state index contributed by atoms with van der Waals surface area (Å²) in [6, 6.07) is 17.5. The van der Waals surface area contributed by atoms with Crippen molar-refractivity contribution in [2.24, 2.45) is 0 Å². The van der Waals surface area contributed by atoms with E-state index in [2.05, 4.69) is 20.3 Å². The molecule has 1 saturated heterocycles. The van der Waals surface area contributed by atoms with Crippen molar-refractivity contribution in [2.45, 2.75) is 36.5 Å². The minimum absolute atomic E-state index is 0.0920. The number of carboxylic acids is 2. The molecule has 20 heteroatoms. The summed E-state index contributed by atoms with van der Waals surface area (Å²) in [5, 5.41) is 16.4. The number of nitrogens with zero attached hydrogens (tertiary/aromatic N) is 2. The number of carboxylic acid groups (broad SMARTS) is 2. The van der Waals surface area contributed by atoms with Crippen LogP contribution in [0.5, 0.6) is 0 Å². The molecule has 5 rings (SSSR count). The number of rotatable bonds is 6. The molecule has 1 aliphatic rings. The van der Waals surface area contributed by atoms with Crippen molar-refractivity contribution in [3.8, 4) is 0 Å². The van der Waals surface area contributed by atoms with Crippen LogP contribution in [0, 0.1) is 0 Å². The van der Waals surface area contributed by atoms with Crippen LogP contribution < -0.4 is 10.0 Å². The van der Waals surface area contributed by atoms with Gasteiger partial charge >= 0.3 is 24.3 Å². The van der Waals surface area contributed by atoms with Crippen LogP contribution in [-0.2, 0) is 30.8 Å². The number of para-hydroxylation sites is 2. The molecular formula is C28H23F6N5O8S. The summed E-state index contributed by atoms with van der Waals surface area (Å²) in [6.45, 7) is 0. The van der Waals surface area contributed by atoms with E-state index in [1.807, 2.05) is 41.1 Å². The van der Waals surface area contributed by atoms with Gasteiger partial charge in [0.15, 0.2) is 0 Å². The number of pyridine rings is 1. The van der Waals surface area contributed by atoms with Gasteiger partial charge in [-0.3, -0.25) is 19.3 Å². The molecule has 2 atom stereocenters. The molecule has 1 aliphatic heterocycles. The maximum Gasteiger partial charge on any atom is 0.490 e. The number of nitrogens with one attached hydrogen (secondary N) is 3. The number of fused-ring (bicyclic) bond motifs is 1. The van der Waals surface area contributed by atoms with Gasteiger partial charge in [0, 0.05) is 18.0 Å². The number of halogens is 6. The van der Waals surface area contributed by atoms with Gasteiger partial charge in [0.25, 0.3) is 5.91 Å². The summed E-state index contributed by atoms with van der Waals surface area (Å²) < 4.78 is 89.8. The number of hydrogen-bond donors (Lipinski definition) is 5. The van der Waals surface area contributed by atoms with Crippen LogP contribution in [0.15, 0.2) is 73.1 Å². The normalized spacial score (nSPS) is 16.0. The maximum atomic E-state index is 12.9. The summed E-state index contributed by atoms with van der Waals surface area (Å²) in [5.41, 5.74) is 3.55. The zero-order chi connectivity index (χ0) is 35.9. The van der Waals surface area contributed by atoms with E-state index in [1.54, 1.807) is 36.7 Å². The molecule has 0 bridgehead atoms. The smallest absolute Gasteiger partial charge is 0.475 e. The molecule has 5 N–H and O–H groups in total. The van der Waals surface area contributed by atoms with Crippen LogP contribution >= 0.6 is 0 Å². The second kappa shape index (κ2) is 14.9. The van der Waals surface area contributed by atoms with Crippen LogP contribution in [0.4, 0.5) is 26.3 Å². The van der Waals surface area contributed by atoms with Crippen LogP contribution in [0.1, 0.15) is 45.0 Å². The van der Waals surface area contributed by atoms with E-state index in [0.717, 1.165) is 16.6 Å². The third-order valence-electron chi connectivity index (χ3n) is 6.26. The molecule has 2 aromatic heterocycles. The summed E-state index contributed by atoms with van der Waals surface area (Å²) in [5.74, 6) is -5.66. The minimum Gasteiger partial charge on any atom is -0.475 e. The Bertz CT molecular complexity index is 1830. The van der Waals surface area contributed by atoms with Crippen LogP contribution in [-0.4, -0.2) is 69.7 Å². The Hall–Kier alpha value is -5.53. The number of hydrogen-bond acceptors (Lipinski definition) is 8. The number of carbonyl (C=O) groups is 4. The van der Waals surface area contributed by atoms with Gasteiger partial charge < -0.3 is 20.5 Å². The molecule has 0 aliphatic carbocycles. The molecule has 256 valence electrons. The van der Waals surface area contributed by atoms with Crippen molar-refractivity contribution in [1.29, 1.82) is 0 Å². The summed E-state index contributed by atoms with van der Waals surface area (Å²) in [6.07, 6.45) is -6.72. The largest absolute Gasteiger partial charge is 0.490 e. The molecule has 0 spiro atoms. The minimum atomic E-state index is -5.08. The Balaban J connectivity index is 0.000000376. The van der Waals surface area contributed by atoms with E-state index in [1.165, 1.54) is 0 Å². The molecule has 4 aromatic rings. The number of amides is 2. The van der Waals surface area contributed by atoms with E-state index in [9.17, 15) is 44.3 Å². The van der Waals surface area contributed by atoms with Gasteiger partial charge in [-0.05, 0) is 41.8 Å². The molecule has 13 nitrogen and oxygen atoms in total. The van der Waals surface area contributed by atoms with Crippen molar-refractivity contribution in [2.75, 3.05) is 0 Å². The first-order chi connectivity index (χ1) is 22.3. The zero-order valence-corrected chi connectivity index (χ0v) is 24.7. The number of carbonyl (C=O) groups excluding carboxylic acids is 2. The summed E-state index contributed by atoms with van der Waals surface area (Å²) >= 11 is 0. The number of aromatic amines is 1. The van der Waals surface area contributed by atoms with Gasteiger partial charge in [-0.25, -0.2) is 23.0 Å². The van der Waals surface area contributed by atoms with Crippen molar-refractivity contribution in [3.05, 3.63) is 95.6 Å². The Morgan fingerprint density at radius 3 is 1.92 bits per heavy atom. The highest BCUT2D eigenvalue weighted by Crippen LogP contribution is 2.30. The topological polar surface area (TPSA) is 209 Å². The van der Waals surface area contributed by atoms with Gasteiger partial charge in [-0.2, -0.15) is 26.3 Å². The predicted octanol–water partition coefficient (Wildman–Crippen LogP) is 3.83. The Kier molecular flexibility index (Phi) is 11.5. The van der Waals surface area contributed by atoms with Gasteiger partial charge in [0.1, 0.15) is 11.1 Å². The van der Waals surface area contributed by atoms with Crippen LogP contribution in [0.3, 0.4) is 0 Å². The molecule has 0 saturated carbocycles. The molecule has 2 amide bonds. The first-order valence-electron chi connectivity index (χ1n) is 13.2. The van der Waals surface area contributed by atoms with E-state index < -0.39 is 51.5 Å². The van der Waals surface area contributed by atoms with E-state index >= 15 is 0 Å². The third-order valence-corrected chi connectivity index (χ3v) is 7.96. The zero-order valence-electron chi connectivity index (χ0n) is 23.9. The molecule has 2 aromatic carbocycles. The van der Waals surface area contributed by atoms with Crippen molar-refractivity contribution < 1.29 is 64.2 Å². The number of sulfonamides is 1. The number of aliphatic carboxylic acids is 2. The first-order valence-corrected chi connectivity index (χ1v) is 14.7. The SMILES string of the molecule is O=C(O)C(F)(F)F.O=C(O)C(F)(F)F.O=C1CC(c2ccc(C[C@H](NC(=O)c3ccncc3)c3nc4ccccc4[nH]3)cc2)S(=O)(=O)N1. The van der Waals surface area contributed by atoms with Crippen LogP contribution in [0.2, 0.25) is 0 Å². The Morgan fingerprint density at radius 1 is 0.896 bits per heavy atom. The van der Waals surface area contributed by atoms with Crippen molar-refractivity contribution in [3.63, 3.8) is 0 Å². The Labute approximate surface area is 266 Å². The summed E-state index contributed by atoms with van der Waals surface area (Å²) in [4.78, 5) is 54.1. The van der Waals surface area contributed by atoms with Crippen molar-refractivity contribution in [1.82, 2.24) is 25.0 Å². The third kappa shape index (κ3) is 10.2. The highest BCUT2D eigenvalue weighted by atomic mass is 32.2. The van der Waals surface area contributed by atoms with Crippen molar-refractivity contribution >= 4 is 44.8 Å².